The fraction of sp³-hybridized carbons (Fsp3) is 0.350. The van der Waals surface area contributed by atoms with Gasteiger partial charge in [-0.05, 0) is 43.0 Å². The number of ether oxygens (including phenoxy) is 1. The summed E-state index contributed by atoms with van der Waals surface area (Å²) in [6, 6.07) is 16.5. The molecule has 1 N–H and O–H groups in total. The molecule has 118 valence electrons. The molecule has 0 bridgehead atoms. The lowest BCUT2D eigenvalue weighted by Crippen LogP contribution is -2.53. The second kappa shape index (κ2) is 5.82. The van der Waals surface area contributed by atoms with Gasteiger partial charge in [-0.2, -0.15) is 0 Å². The molecule has 0 unspecified atom stereocenters. The van der Waals surface area contributed by atoms with E-state index in [-0.39, 0.29) is 11.9 Å². The zero-order valence-electron chi connectivity index (χ0n) is 13.3. The van der Waals surface area contributed by atoms with E-state index >= 15 is 0 Å². The lowest BCUT2D eigenvalue weighted by molar-refractivity contribution is 0.00810. The van der Waals surface area contributed by atoms with E-state index in [0.29, 0.717) is 12.0 Å². The third kappa shape index (κ3) is 2.77. The second-order valence-corrected chi connectivity index (χ2v) is 6.62. The molecule has 23 heavy (non-hydrogen) atoms. The van der Waals surface area contributed by atoms with Crippen LogP contribution in [0.1, 0.15) is 28.8 Å². The van der Waals surface area contributed by atoms with E-state index in [1.54, 1.807) is 0 Å². The lowest BCUT2D eigenvalue weighted by atomic mass is 9.76. The summed E-state index contributed by atoms with van der Waals surface area (Å²) in [6.07, 6.45) is 2.40. The standard InChI is InChI=1S/C20H21NO2/c1-13-5-7-14(8-6-13)15-3-2-4-16(11-15)20(22)21-18-12-19-17(18)9-10-23-19/h2-8,11,17-19H,9-10,12H2,1H3,(H,21,22)/t17-,18+,19+/m1/s1. The van der Waals surface area contributed by atoms with Gasteiger partial charge < -0.3 is 10.1 Å². The molecule has 3 atom stereocenters. The van der Waals surface area contributed by atoms with Crippen LogP contribution in [0.2, 0.25) is 0 Å². The third-order valence-electron chi connectivity index (χ3n) is 5.09. The largest absolute Gasteiger partial charge is 0.378 e. The van der Waals surface area contributed by atoms with E-state index in [0.717, 1.165) is 36.1 Å². The molecule has 3 heteroatoms. The highest BCUT2D eigenvalue weighted by Crippen LogP contribution is 2.38. The normalized spacial score (nSPS) is 25.5. The van der Waals surface area contributed by atoms with E-state index < -0.39 is 0 Å². The monoisotopic (exact) mass is 307 g/mol. The maximum absolute atomic E-state index is 12.5. The van der Waals surface area contributed by atoms with Crippen LogP contribution in [-0.4, -0.2) is 24.7 Å². The Morgan fingerprint density at radius 3 is 2.74 bits per heavy atom. The molecule has 2 aliphatic rings. The predicted molar refractivity (Wildman–Crippen MR) is 90.3 cm³/mol. The van der Waals surface area contributed by atoms with Crippen molar-refractivity contribution < 1.29 is 9.53 Å². The number of hydrogen-bond donors (Lipinski definition) is 1. The number of carbonyl (C=O) groups is 1. The van der Waals surface area contributed by atoms with Crippen molar-refractivity contribution in [3.63, 3.8) is 0 Å². The maximum atomic E-state index is 12.5. The second-order valence-electron chi connectivity index (χ2n) is 6.62. The van der Waals surface area contributed by atoms with Gasteiger partial charge in [0, 0.05) is 24.1 Å². The highest BCUT2D eigenvalue weighted by atomic mass is 16.5. The van der Waals surface area contributed by atoms with Crippen molar-refractivity contribution in [2.45, 2.75) is 31.9 Å². The SMILES string of the molecule is Cc1ccc(-c2cccc(C(=O)N[C@H]3C[C@@H]4OCC[C@H]34)c2)cc1. The molecule has 4 rings (SSSR count). The Bertz CT molecular complexity index is 723. The Labute approximate surface area is 136 Å². The first-order valence-corrected chi connectivity index (χ1v) is 8.30. The van der Waals surface area contributed by atoms with Crippen molar-refractivity contribution in [1.82, 2.24) is 5.32 Å². The highest BCUT2D eigenvalue weighted by Gasteiger charge is 2.45. The molecule has 2 fully saturated rings. The van der Waals surface area contributed by atoms with E-state index in [1.807, 2.05) is 24.3 Å². The van der Waals surface area contributed by atoms with Gasteiger partial charge in [0.25, 0.3) is 5.91 Å². The van der Waals surface area contributed by atoms with Crippen LogP contribution in [0.4, 0.5) is 0 Å². The van der Waals surface area contributed by atoms with Crippen LogP contribution < -0.4 is 5.32 Å². The van der Waals surface area contributed by atoms with Crippen molar-refractivity contribution in [3.05, 3.63) is 59.7 Å². The van der Waals surface area contributed by atoms with Crippen LogP contribution in [0, 0.1) is 12.8 Å². The van der Waals surface area contributed by atoms with Gasteiger partial charge in [-0.3, -0.25) is 4.79 Å². The van der Waals surface area contributed by atoms with E-state index in [1.165, 1.54) is 5.56 Å². The zero-order valence-corrected chi connectivity index (χ0v) is 13.3. The smallest absolute Gasteiger partial charge is 0.251 e. The van der Waals surface area contributed by atoms with Crippen molar-refractivity contribution >= 4 is 5.91 Å². The minimum atomic E-state index is 0.0225. The number of rotatable bonds is 3. The van der Waals surface area contributed by atoms with Crippen LogP contribution in [0.3, 0.4) is 0 Å². The summed E-state index contributed by atoms with van der Waals surface area (Å²) in [4.78, 5) is 12.5. The molecule has 1 aliphatic carbocycles. The Balaban J connectivity index is 1.49. The van der Waals surface area contributed by atoms with Gasteiger partial charge in [0.15, 0.2) is 0 Å². The zero-order chi connectivity index (χ0) is 15.8. The van der Waals surface area contributed by atoms with Crippen LogP contribution in [0.15, 0.2) is 48.5 Å². The molecule has 0 radical (unpaired) electrons. The first-order chi connectivity index (χ1) is 11.2. The average molecular weight is 307 g/mol. The molecule has 3 nitrogen and oxygen atoms in total. The summed E-state index contributed by atoms with van der Waals surface area (Å²) in [5, 5.41) is 3.17. The van der Waals surface area contributed by atoms with Gasteiger partial charge in [-0.1, -0.05) is 42.0 Å². The number of carbonyl (C=O) groups excluding carboxylic acids is 1. The van der Waals surface area contributed by atoms with Gasteiger partial charge in [-0.15, -0.1) is 0 Å². The molecular weight excluding hydrogens is 286 g/mol. The first kappa shape index (κ1) is 14.5. The highest BCUT2D eigenvalue weighted by molar-refractivity contribution is 5.95. The lowest BCUT2D eigenvalue weighted by Gasteiger charge is -2.39. The fourth-order valence-corrected chi connectivity index (χ4v) is 3.60. The number of amides is 1. The summed E-state index contributed by atoms with van der Waals surface area (Å²) in [7, 11) is 0. The van der Waals surface area contributed by atoms with Crippen LogP contribution in [-0.2, 0) is 4.74 Å². The summed E-state index contributed by atoms with van der Waals surface area (Å²) in [5.74, 6) is 0.536. The number of aryl methyl sites for hydroxylation is 1. The minimum Gasteiger partial charge on any atom is -0.378 e. The first-order valence-electron chi connectivity index (χ1n) is 8.30. The predicted octanol–water partition coefficient (Wildman–Crippen LogP) is 3.57. The van der Waals surface area contributed by atoms with Crippen LogP contribution in [0.5, 0.6) is 0 Å². The van der Waals surface area contributed by atoms with Crippen molar-refractivity contribution in [1.29, 1.82) is 0 Å². The molecule has 1 saturated heterocycles. The van der Waals surface area contributed by atoms with Gasteiger partial charge in [0.1, 0.15) is 0 Å². The van der Waals surface area contributed by atoms with E-state index in [9.17, 15) is 4.79 Å². The summed E-state index contributed by atoms with van der Waals surface area (Å²) in [6.45, 7) is 2.91. The molecule has 2 aromatic carbocycles. The van der Waals surface area contributed by atoms with Gasteiger partial charge in [0.05, 0.1) is 6.10 Å². The minimum absolute atomic E-state index is 0.0225. The number of benzene rings is 2. The van der Waals surface area contributed by atoms with Gasteiger partial charge in [-0.25, -0.2) is 0 Å². The fourth-order valence-electron chi connectivity index (χ4n) is 3.60. The molecule has 2 aromatic rings. The molecule has 1 heterocycles. The van der Waals surface area contributed by atoms with Crippen LogP contribution >= 0.6 is 0 Å². The maximum Gasteiger partial charge on any atom is 0.251 e. The average Bonchev–Trinajstić information content (AvgIpc) is 2.94. The summed E-state index contributed by atoms with van der Waals surface area (Å²) < 4.78 is 5.60. The topological polar surface area (TPSA) is 38.3 Å². The molecule has 1 aliphatic heterocycles. The number of nitrogens with one attached hydrogen (secondary N) is 1. The van der Waals surface area contributed by atoms with Crippen molar-refractivity contribution in [3.8, 4) is 11.1 Å². The molecule has 0 spiro atoms. The molecule has 1 saturated carbocycles. The molecular formula is C20H21NO2. The Kier molecular flexibility index (Phi) is 3.66. The van der Waals surface area contributed by atoms with Gasteiger partial charge >= 0.3 is 0 Å². The quantitative estimate of drug-likeness (QED) is 0.941. The molecule has 1 amide bonds. The van der Waals surface area contributed by atoms with Crippen LogP contribution in [0.25, 0.3) is 11.1 Å². The van der Waals surface area contributed by atoms with Crippen molar-refractivity contribution in [2.24, 2.45) is 5.92 Å². The summed E-state index contributed by atoms with van der Waals surface area (Å²) in [5.41, 5.74) is 4.18. The van der Waals surface area contributed by atoms with Crippen molar-refractivity contribution in [2.75, 3.05) is 6.61 Å². The Morgan fingerprint density at radius 1 is 1.13 bits per heavy atom. The van der Waals surface area contributed by atoms with E-state index in [4.69, 9.17) is 4.74 Å². The number of fused-ring (bicyclic) bond motifs is 1. The Hall–Kier alpha value is -2.13. The number of hydrogen-bond acceptors (Lipinski definition) is 2. The molecule has 0 aromatic heterocycles. The van der Waals surface area contributed by atoms with E-state index in [2.05, 4.69) is 36.5 Å². The third-order valence-corrected chi connectivity index (χ3v) is 5.09. The van der Waals surface area contributed by atoms with Gasteiger partial charge in [0.2, 0.25) is 0 Å². The Morgan fingerprint density at radius 2 is 1.96 bits per heavy atom. The summed E-state index contributed by atoms with van der Waals surface area (Å²) >= 11 is 0.